The zero-order valence-corrected chi connectivity index (χ0v) is 13.4. The fourth-order valence-electron chi connectivity index (χ4n) is 1.31. The molecule has 0 aromatic heterocycles. The molecule has 0 amide bonds. The van der Waals surface area contributed by atoms with E-state index in [4.69, 9.17) is 9.88 Å². The van der Waals surface area contributed by atoms with E-state index in [0.717, 1.165) is 18.6 Å². The molecule has 0 heterocycles. The first-order valence-electron chi connectivity index (χ1n) is 5.65. The zero-order valence-electron chi connectivity index (χ0n) is 11.0. The van der Waals surface area contributed by atoms with Crippen molar-refractivity contribution < 1.29 is 17.5 Å². The van der Waals surface area contributed by atoms with Crippen LogP contribution < -0.4 is 9.88 Å². The summed E-state index contributed by atoms with van der Waals surface area (Å²) in [6.45, 7) is 6.61. The fraction of sp³-hybridized carbons (Fsp3) is 0.500. The van der Waals surface area contributed by atoms with Crippen molar-refractivity contribution in [1.29, 1.82) is 0 Å². The van der Waals surface area contributed by atoms with E-state index in [1.807, 2.05) is 0 Å². The first-order chi connectivity index (χ1) is 8.50. The van der Waals surface area contributed by atoms with Gasteiger partial charge in [0.25, 0.3) is 0 Å². The Morgan fingerprint density at radius 1 is 1.37 bits per heavy atom. The Bertz CT molecular complexity index is 567. The lowest BCUT2D eigenvalue weighted by molar-refractivity contribution is 0.241. The van der Waals surface area contributed by atoms with E-state index in [9.17, 15) is 12.8 Å². The van der Waals surface area contributed by atoms with E-state index in [1.165, 1.54) is 0 Å². The van der Waals surface area contributed by atoms with Crippen LogP contribution >= 0.6 is 15.9 Å². The van der Waals surface area contributed by atoms with Gasteiger partial charge in [-0.1, -0.05) is 20.8 Å². The van der Waals surface area contributed by atoms with E-state index in [2.05, 4.69) is 36.7 Å². The standard InChI is InChI=1S/C12H17BrFNO3S/c1-12(2,3)4-5-18-10-7-9(14)11(6-8(10)13)19(15,16)17/h6-7H,4-5H2,1-3H3,(H2,15,16,17). The van der Waals surface area contributed by atoms with E-state index in [0.29, 0.717) is 11.1 Å². The van der Waals surface area contributed by atoms with Crippen LogP contribution in [0.5, 0.6) is 5.75 Å². The summed E-state index contributed by atoms with van der Waals surface area (Å²) in [6.07, 6.45) is 0.790. The lowest BCUT2D eigenvalue weighted by Gasteiger charge is -2.18. The van der Waals surface area contributed by atoms with Crippen LogP contribution in [0.2, 0.25) is 0 Å². The number of primary sulfonamides is 1. The molecule has 1 aromatic carbocycles. The third kappa shape index (κ3) is 5.08. The maximum atomic E-state index is 13.6. The second-order valence-corrected chi connectivity index (χ2v) is 7.80. The van der Waals surface area contributed by atoms with Gasteiger partial charge in [-0.25, -0.2) is 17.9 Å². The maximum absolute atomic E-state index is 13.6. The van der Waals surface area contributed by atoms with Gasteiger partial charge in [0, 0.05) is 6.07 Å². The van der Waals surface area contributed by atoms with Crippen LogP contribution in [0.4, 0.5) is 4.39 Å². The molecule has 0 fully saturated rings. The molecule has 19 heavy (non-hydrogen) atoms. The molecule has 0 saturated carbocycles. The molecular weight excluding hydrogens is 337 g/mol. The predicted molar refractivity (Wildman–Crippen MR) is 75.0 cm³/mol. The number of benzene rings is 1. The summed E-state index contributed by atoms with van der Waals surface area (Å²) in [7, 11) is -4.08. The minimum absolute atomic E-state index is 0.103. The number of hydrogen-bond donors (Lipinski definition) is 1. The Balaban J connectivity index is 2.91. The molecule has 108 valence electrons. The summed E-state index contributed by atoms with van der Waals surface area (Å²) in [5.74, 6) is -0.661. The topological polar surface area (TPSA) is 69.4 Å². The van der Waals surface area contributed by atoms with Crippen LogP contribution in [0.3, 0.4) is 0 Å². The van der Waals surface area contributed by atoms with Crippen molar-refractivity contribution >= 4 is 26.0 Å². The SMILES string of the molecule is CC(C)(C)CCOc1cc(F)c(S(N)(=O)=O)cc1Br. The van der Waals surface area contributed by atoms with Crippen molar-refractivity contribution in [2.24, 2.45) is 10.6 Å². The smallest absolute Gasteiger partial charge is 0.241 e. The molecular formula is C12H17BrFNO3S. The summed E-state index contributed by atoms with van der Waals surface area (Å²) < 4.78 is 41.7. The first kappa shape index (κ1) is 16.4. The van der Waals surface area contributed by atoms with E-state index >= 15 is 0 Å². The molecule has 2 N–H and O–H groups in total. The van der Waals surface area contributed by atoms with Crippen molar-refractivity contribution in [2.75, 3.05) is 6.61 Å². The molecule has 1 rings (SSSR count). The molecule has 1 aromatic rings. The van der Waals surface area contributed by atoms with Gasteiger partial charge in [-0.05, 0) is 33.8 Å². The Kier molecular flexibility index (Phi) is 4.97. The largest absolute Gasteiger partial charge is 0.492 e. The molecule has 0 aliphatic carbocycles. The number of ether oxygens (including phenoxy) is 1. The maximum Gasteiger partial charge on any atom is 0.241 e. The molecule has 7 heteroatoms. The second-order valence-electron chi connectivity index (χ2n) is 5.42. The highest BCUT2D eigenvalue weighted by Crippen LogP contribution is 2.30. The zero-order chi connectivity index (χ0) is 14.8. The van der Waals surface area contributed by atoms with Crippen LogP contribution in [-0.4, -0.2) is 15.0 Å². The second kappa shape index (κ2) is 5.76. The van der Waals surface area contributed by atoms with Crippen LogP contribution in [0.25, 0.3) is 0 Å². The summed E-state index contributed by atoms with van der Waals surface area (Å²) in [6, 6.07) is 2.13. The van der Waals surface area contributed by atoms with Gasteiger partial charge in [0.2, 0.25) is 10.0 Å². The molecule has 0 aliphatic rings. The minimum atomic E-state index is -4.08. The molecule has 0 aliphatic heterocycles. The third-order valence-electron chi connectivity index (χ3n) is 2.40. The summed E-state index contributed by atoms with van der Waals surface area (Å²) in [4.78, 5) is -0.553. The number of hydrogen-bond acceptors (Lipinski definition) is 3. The molecule has 0 spiro atoms. The Hall–Kier alpha value is -0.660. The molecule has 0 bridgehead atoms. The lowest BCUT2D eigenvalue weighted by Crippen LogP contribution is -2.15. The molecule has 4 nitrogen and oxygen atoms in total. The van der Waals surface area contributed by atoms with Gasteiger partial charge < -0.3 is 4.74 Å². The van der Waals surface area contributed by atoms with Crippen LogP contribution in [0.1, 0.15) is 27.2 Å². The highest BCUT2D eigenvalue weighted by atomic mass is 79.9. The predicted octanol–water partition coefficient (Wildman–Crippen LogP) is 3.05. The number of sulfonamides is 1. The van der Waals surface area contributed by atoms with Crippen molar-refractivity contribution in [3.8, 4) is 5.75 Å². The van der Waals surface area contributed by atoms with Crippen LogP contribution in [0, 0.1) is 11.2 Å². The van der Waals surface area contributed by atoms with Crippen molar-refractivity contribution in [1.82, 2.24) is 0 Å². The summed E-state index contributed by atoms with van der Waals surface area (Å²) >= 11 is 3.14. The highest BCUT2D eigenvalue weighted by Gasteiger charge is 2.18. The van der Waals surface area contributed by atoms with Gasteiger partial charge in [-0.3, -0.25) is 0 Å². The average molecular weight is 354 g/mol. The minimum Gasteiger partial charge on any atom is -0.492 e. The molecule has 0 radical (unpaired) electrons. The number of nitrogens with two attached hydrogens (primary N) is 1. The van der Waals surface area contributed by atoms with Gasteiger partial charge in [0.05, 0.1) is 11.1 Å². The van der Waals surface area contributed by atoms with Crippen molar-refractivity contribution in [3.63, 3.8) is 0 Å². The normalized spacial score (nSPS) is 12.5. The lowest BCUT2D eigenvalue weighted by atomic mass is 9.93. The average Bonchev–Trinajstić information content (AvgIpc) is 2.19. The van der Waals surface area contributed by atoms with Gasteiger partial charge in [-0.2, -0.15) is 0 Å². The quantitative estimate of drug-likeness (QED) is 0.904. The van der Waals surface area contributed by atoms with E-state index in [1.54, 1.807) is 0 Å². The first-order valence-corrected chi connectivity index (χ1v) is 7.99. The molecule has 0 atom stereocenters. The van der Waals surface area contributed by atoms with Crippen molar-refractivity contribution in [2.45, 2.75) is 32.1 Å². The van der Waals surface area contributed by atoms with E-state index < -0.39 is 20.7 Å². The molecule has 0 saturated heterocycles. The Morgan fingerprint density at radius 3 is 2.42 bits per heavy atom. The molecule has 0 unspecified atom stereocenters. The summed E-state index contributed by atoms with van der Waals surface area (Å²) in [5.41, 5.74) is 0.103. The van der Waals surface area contributed by atoms with Gasteiger partial charge in [0.1, 0.15) is 16.5 Å². The van der Waals surface area contributed by atoms with Crippen molar-refractivity contribution in [3.05, 3.63) is 22.4 Å². The third-order valence-corrected chi connectivity index (χ3v) is 3.95. The Labute approximate surface area is 121 Å². The Morgan fingerprint density at radius 2 is 1.95 bits per heavy atom. The summed E-state index contributed by atoms with van der Waals surface area (Å²) in [5, 5.41) is 4.90. The van der Waals surface area contributed by atoms with Crippen LogP contribution in [-0.2, 0) is 10.0 Å². The monoisotopic (exact) mass is 353 g/mol. The van der Waals surface area contributed by atoms with E-state index in [-0.39, 0.29) is 11.2 Å². The van der Waals surface area contributed by atoms with Gasteiger partial charge in [-0.15, -0.1) is 0 Å². The van der Waals surface area contributed by atoms with Crippen LogP contribution in [0.15, 0.2) is 21.5 Å². The number of rotatable bonds is 4. The van der Waals surface area contributed by atoms with Gasteiger partial charge in [0.15, 0.2) is 0 Å². The van der Waals surface area contributed by atoms with Gasteiger partial charge >= 0.3 is 0 Å². The fourth-order valence-corrected chi connectivity index (χ4v) is 2.53. The number of halogens is 2. The highest BCUT2D eigenvalue weighted by molar-refractivity contribution is 9.10.